The first kappa shape index (κ1) is 3.83. The lowest BCUT2D eigenvalue weighted by Crippen LogP contribution is -2.17. The molecule has 2 N–H and O–H groups in total. The highest BCUT2D eigenvalue weighted by molar-refractivity contribution is 8.11. The van der Waals surface area contributed by atoms with Crippen LogP contribution in [0.15, 0.2) is 4.40 Å². The zero-order valence-electron chi connectivity index (χ0n) is 3.14. The smallest absolute Gasteiger partial charge is 0.112 e. The van der Waals surface area contributed by atoms with E-state index in [9.17, 15) is 0 Å². The van der Waals surface area contributed by atoms with Crippen LogP contribution in [0.4, 0.5) is 0 Å². The molecule has 1 rings (SSSR count). The largest absolute Gasteiger partial charge is 0.301 e. The quantitative estimate of drug-likeness (QED) is 0.411. The van der Waals surface area contributed by atoms with Crippen molar-refractivity contribution in [2.24, 2.45) is 4.40 Å². The Bertz CT molecular complexity index is 97.0. The molecule has 0 aliphatic carbocycles. The third-order valence-corrected chi connectivity index (χ3v) is 1.13. The molecule has 0 saturated carbocycles. The number of hydrogen-bond donors (Lipinski definition) is 2. The summed E-state index contributed by atoms with van der Waals surface area (Å²) in [5.41, 5.74) is 2.68. The third-order valence-electron chi connectivity index (χ3n) is 0.421. The van der Waals surface area contributed by atoms with E-state index in [0.717, 1.165) is 0 Å². The predicted molar refractivity (Wildman–Crippen MR) is 29.5 cm³/mol. The first-order valence-electron chi connectivity index (χ1n) is 1.47. The summed E-state index contributed by atoms with van der Waals surface area (Å²) in [5, 5.41) is 0. The Labute approximate surface area is 38.6 Å². The molecule has 0 aromatic rings. The summed E-state index contributed by atoms with van der Waals surface area (Å²) in [7, 11) is -0.215. The summed E-state index contributed by atoms with van der Waals surface area (Å²) in [4.78, 5) is 2.76. The maximum absolute atomic E-state index is 3.81. The minimum Gasteiger partial charge on any atom is -0.301 e. The second kappa shape index (κ2) is 1.40. The minimum absolute atomic E-state index is 0.215. The van der Waals surface area contributed by atoms with E-state index in [4.69, 9.17) is 0 Å². The minimum atomic E-state index is -0.215. The van der Waals surface area contributed by atoms with Crippen molar-refractivity contribution in [3.63, 3.8) is 0 Å². The van der Waals surface area contributed by atoms with Gasteiger partial charge in [-0.25, -0.2) is 0 Å². The van der Waals surface area contributed by atoms with E-state index < -0.39 is 0 Å². The molecule has 0 aromatic heterocycles. The van der Waals surface area contributed by atoms with Crippen molar-refractivity contribution in [2.75, 3.05) is 0 Å². The molecule has 1 atom stereocenters. The Morgan fingerprint density at radius 3 is 2.83 bits per heavy atom. The fourth-order valence-corrected chi connectivity index (χ4v) is 0.632. The summed E-state index contributed by atoms with van der Waals surface area (Å²) < 4.78 is 3.81. The lowest BCUT2D eigenvalue weighted by atomic mass is 11.4. The molecule has 0 radical (unpaired) electrons. The van der Waals surface area contributed by atoms with Gasteiger partial charge in [-0.1, -0.05) is 0 Å². The van der Waals surface area contributed by atoms with Crippen LogP contribution in [0.3, 0.4) is 0 Å². The lowest BCUT2D eigenvalue weighted by molar-refractivity contribution is 0.971. The lowest BCUT2D eigenvalue weighted by Gasteiger charge is -1.86. The van der Waals surface area contributed by atoms with Gasteiger partial charge in [-0.3, -0.25) is 0 Å². The molecule has 0 spiro atoms. The summed E-state index contributed by atoms with van der Waals surface area (Å²) in [5.74, 6) is 3.59. The molecular formula is C2H5N3S. The first-order chi connectivity index (χ1) is 2.89. The van der Waals surface area contributed by atoms with Crippen LogP contribution in [0, 0.1) is 0 Å². The molecule has 1 aliphatic rings. The number of nitrogens with one attached hydrogen (secondary N) is 2. The molecule has 0 aromatic carbocycles. The van der Waals surface area contributed by atoms with Gasteiger partial charge in [0.1, 0.15) is 6.34 Å². The predicted octanol–water partition coefficient (Wildman–Crippen LogP) is -0.347. The average Bonchev–Trinajstić information content (AvgIpc) is 1.86. The highest BCUT2D eigenvalue weighted by atomic mass is 32.2. The van der Waals surface area contributed by atoms with Crippen LogP contribution in [0.25, 0.3) is 0 Å². The maximum Gasteiger partial charge on any atom is 0.112 e. The zero-order chi connectivity index (χ0) is 4.41. The Kier molecular flexibility index (Phi) is 0.894. The van der Waals surface area contributed by atoms with Gasteiger partial charge < -0.3 is 5.43 Å². The van der Waals surface area contributed by atoms with Crippen LogP contribution in [0.2, 0.25) is 0 Å². The van der Waals surface area contributed by atoms with E-state index in [2.05, 4.69) is 20.5 Å². The fraction of sp³-hybridized carbons (Fsp3) is 0. The fourth-order valence-electron chi connectivity index (χ4n) is 0.211. The van der Waals surface area contributed by atoms with Crippen molar-refractivity contribution in [1.29, 1.82) is 0 Å². The van der Waals surface area contributed by atoms with Gasteiger partial charge in [-0.2, -0.15) is 9.23 Å². The summed E-state index contributed by atoms with van der Waals surface area (Å²) in [6.45, 7) is 0. The standard InChI is InChI=1S/C2H5N3S/c1-6-4-2-3-5-6/h2,5H,1H2,(H,3,4). The molecule has 0 fully saturated rings. The molecule has 1 heterocycles. The molecule has 0 saturated heterocycles. The Morgan fingerprint density at radius 1 is 1.83 bits per heavy atom. The van der Waals surface area contributed by atoms with Crippen molar-refractivity contribution in [3.8, 4) is 0 Å². The summed E-state index contributed by atoms with van der Waals surface area (Å²) in [6.07, 6.45) is 1.59. The van der Waals surface area contributed by atoms with Gasteiger partial charge in [0.05, 0.1) is 0 Å². The van der Waals surface area contributed by atoms with Gasteiger partial charge in [0.15, 0.2) is 0 Å². The Hall–Kier alpha value is -0.350. The van der Waals surface area contributed by atoms with Crippen molar-refractivity contribution in [1.82, 2.24) is 10.3 Å². The van der Waals surface area contributed by atoms with Crippen LogP contribution in [0.5, 0.6) is 0 Å². The summed E-state index contributed by atoms with van der Waals surface area (Å²) >= 11 is 0. The number of hydrazine groups is 1. The maximum atomic E-state index is 3.81. The van der Waals surface area contributed by atoms with Crippen LogP contribution in [-0.4, -0.2) is 12.2 Å². The third kappa shape index (κ3) is 0.580. The molecular weight excluding hydrogens is 98.1 g/mol. The molecule has 34 valence electrons. The van der Waals surface area contributed by atoms with E-state index in [-0.39, 0.29) is 10.9 Å². The van der Waals surface area contributed by atoms with Crippen LogP contribution in [0.1, 0.15) is 0 Å². The monoisotopic (exact) mass is 103 g/mol. The topological polar surface area (TPSA) is 36.4 Å². The van der Waals surface area contributed by atoms with Gasteiger partial charge >= 0.3 is 0 Å². The highest BCUT2D eigenvalue weighted by Gasteiger charge is 1.86. The molecule has 1 aliphatic heterocycles. The number of rotatable bonds is 0. The molecule has 1 unspecified atom stereocenters. The van der Waals surface area contributed by atoms with Gasteiger partial charge in [0.25, 0.3) is 0 Å². The van der Waals surface area contributed by atoms with E-state index in [0.29, 0.717) is 0 Å². The average molecular weight is 103 g/mol. The van der Waals surface area contributed by atoms with Gasteiger partial charge in [-0.05, 0) is 5.87 Å². The van der Waals surface area contributed by atoms with Crippen LogP contribution in [-0.2, 0) is 0 Å². The van der Waals surface area contributed by atoms with Crippen molar-refractivity contribution in [2.45, 2.75) is 0 Å². The van der Waals surface area contributed by atoms with Crippen molar-refractivity contribution in [3.05, 3.63) is 0 Å². The number of hydrogen-bond acceptors (Lipinski definition) is 3. The Morgan fingerprint density at radius 2 is 2.67 bits per heavy atom. The summed E-state index contributed by atoms with van der Waals surface area (Å²) in [6, 6.07) is 0. The van der Waals surface area contributed by atoms with Crippen LogP contribution >= 0.6 is 10.9 Å². The van der Waals surface area contributed by atoms with E-state index in [1.807, 2.05) is 0 Å². The van der Waals surface area contributed by atoms with Crippen molar-refractivity contribution >= 4 is 23.1 Å². The number of nitrogens with zero attached hydrogens (tertiary/aromatic N) is 1. The van der Waals surface area contributed by atoms with E-state index >= 15 is 0 Å². The molecule has 6 heavy (non-hydrogen) atoms. The molecule has 0 amide bonds. The molecule has 4 heteroatoms. The first-order valence-corrected chi connectivity index (χ1v) is 2.82. The van der Waals surface area contributed by atoms with Gasteiger partial charge in [-0.15, -0.1) is 0 Å². The highest BCUT2D eigenvalue weighted by Crippen LogP contribution is 2.02. The Balaban J connectivity index is 2.59. The zero-order valence-corrected chi connectivity index (χ0v) is 3.96. The normalized spacial score (nSPS) is 30.3. The van der Waals surface area contributed by atoms with Crippen LogP contribution < -0.4 is 10.3 Å². The second-order valence-corrected chi connectivity index (χ2v) is 1.99. The molecule has 3 nitrogen and oxygen atoms in total. The van der Waals surface area contributed by atoms with Crippen molar-refractivity contribution < 1.29 is 0 Å². The van der Waals surface area contributed by atoms with Gasteiger partial charge in [0.2, 0.25) is 0 Å². The molecule has 0 bridgehead atoms. The van der Waals surface area contributed by atoms with E-state index in [1.165, 1.54) is 0 Å². The second-order valence-electron chi connectivity index (χ2n) is 0.846. The van der Waals surface area contributed by atoms with E-state index in [1.54, 1.807) is 6.34 Å². The van der Waals surface area contributed by atoms with Gasteiger partial charge in [0, 0.05) is 10.9 Å². The SMILES string of the molecule is C=S1N=CNN1.